The molecule has 0 radical (unpaired) electrons. The molecular weight excluding hydrogens is 349 g/mol. The van der Waals surface area contributed by atoms with Gasteiger partial charge in [0.1, 0.15) is 0 Å². The minimum atomic E-state index is -0.523. The number of hydrogen-bond donors (Lipinski definition) is 1. The predicted molar refractivity (Wildman–Crippen MR) is 93.8 cm³/mol. The van der Waals surface area contributed by atoms with Gasteiger partial charge < -0.3 is 10.1 Å². The normalized spacial score (nSPS) is 12.6. The number of ether oxygens (including phenoxy) is 1. The molecule has 1 aliphatic rings. The fourth-order valence-corrected chi connectivity index (χ4v) is 3.20. The zero-order chi connectivity index (χ0) is 17.1. The summed E-state index contributed by atoms with van der Waals surface area (Å²) in [5, 5.41) is 3.19. The molecule has 2 aromatic rings. The zero-order valence-electron chi connectivity index (χ0n) is 12.8. The van der Waals surface area contributed by atoms with Gasteiger partial charge in [-0.1, -0.05) is 35.3 Å². The van der Waals surface area contributed by atoms with Gasteiger partial charge in [-0.25, -0.2) is 4.79 Å². The minimum Gasteiger partial charge on any atom is -0.452 e. The molecule has 1 N–H and O–H groups in total. The lowest BCUT2D eigenvalue weighted by atomic mass is 10.1. The number of amides is 1. The van der Waals surface area contributed by atoms with Crippen molar-refractivity contribution in [3.05, 3.63) is 63.1 Å². The second kappa shape index (κ2) is 7.24. The second-order valence-corrected chi connectivity index (χ2v) is 6.37. The molecule has 0 aliphatic heterocycles. The monoisotopic (exact) mass is 363 g/mol. The van der Waals surface area contributed by atoms with Crippen LogP contribution in [0.5, 0.6) is 0 Å². The Labute approximate surface area is 149 Å². The van der Waals surface area contributed by atoms with Crippen molar-refractivity contribution >= 4 is 40.8 Å². The number of carbonyl (C=O) groups is 2. The summed E-state index contributed by atoms with van der Waals surface area (Å²) in [4.78, 5) is 24.0. The molecule has 0 saturated heterocycles. The van der Waals surface area contributed by atoms with Gasteiger partial charge in [0.25, 0.3) is 5.91 Å². The first-order valence-corrected chi connectivity index (χ1v) is 8.33. The van der Waals surface area contributed by atoms with Gasteiger partial charge in [-0.15, -0.1) is 0 Å². The molecule has 3 rings (SSSR count). The summed E-state index contributed by atoms with van der Waals surface area (Å²) in [5.74, 6) is -1.02. The molecule has 1 aliphatic carbocycles. The molecule has 24 heavy (non-hydrogen) atoms. The predicted octanol–water partition coefficient (Wildman–Crippen LogP) is 4.28. The summed E-state index contributed by atoms with van der Waals surface area (Å²) < 4.78 is 5.06. The third-order valence-corrected chi connectivity index (χ3v) is 4.53. The molecule has 0 heterocycles. The van der Waals surface area contributed by atoms with Crippen LogP contribution in [0, 0.1) is 0 Å². The molecule has 6 heteroatoms. The molecule has 0 saturated carbocycles. The topological polar surface area (TPSA) is 55.4 Å². The number of halogens is 2. The van der Waals surface area contributed by atoms with E-state index in [1.165, 1.54) is 11.1 Å². The molecule has 124 valence electrons. The first-order chi connectivity index (χ1) is 11.5. The van der Waals surface area contributed by atoms with Crippen molar-refractivity contribution in [2.75, 3.05) is 11.9 Å². The first-order valence-electron chi connectivity index (χ1n) is 7.57. The molecule has 2 aromatic carbocycles. The largest absolute Gasteiger partial charge is 0.452 e. The number of hydrogen-bond acceptors (Lipinski definition) is 3. The van der Waals surface area contributed by atoms with Crippen molar-refractivity contribution in [1.29, 1.82) is 0 Å². The minimum absolute atomic E-state index is 0.305. The Morgan fingerprint density at radius 3 is 2.50 bits per heavy atom. The molecule has 4 nitrogen and oxygen atoms in total. The van der Waals surface area contributed by atoms with E-state index < -0.39 is 18.5 Å². The summed E-state index contributed by atoms with van der Waals surface area (Å²) >= 11 is 12.0. The zero-order valence-corrected chi connectivity index (χ0v) is 14.3. The van der Waals surface area contributed by atoms with Crippen LogP contribution in [0.25, 0.3) is 0 Å². The highest BCUT2D eigenvalue weighted by Crippen LogP contribution is 2.29. The van der Waals surface area contributed by atoms with Crippen LogP contribution in [-0.2, 0) is 22.4 Å². The van der Waals surface area contributed by atoms with E-state index in [0.29, 0.717) is 21.3 Å². The number of anilines is 1. The molecule has 1 amide bonds. The Kier molecular flexibility index (Phi) is 5.07. The Balaban J connectivity index is 1.59. The summed E-state index contributed by atoms with van der Waals surface area (Å²) in [5.41, 5.74) is 3.22. The van der Waals surface area contributed by atoms with E-state index in [-0.39, 0.29) is 0 Å². The van der Waals surface area contributed by atoms with E-state index in [4.69, 9.17) is 27.9 Å². The number of fused-ring (bicyclic) bond motifs is 1. The number of esters is 1. The lowest BCUT2D eigenvalue weighted by Gasteiger charge is -2.10. The summed E-state index contributed by atoms with van der Waals surface area (Å²) in [7, 11) is 0. The standard InChI is InChI=1S/C18H15Cl2NO3/c19-14-5-2-6-15(20)17(14)21-16(22)10-24-18(23)13-8-7-11-3-1-4-12(11)9-13/h2,5-9H,1,3-4,10H2,(H,21,22). The molecular formula is C18H15Cl2NO3. The number of para-hydroxylation sites is 1. The Bertz CT molecular complexity index is 785. The Morgan fingerprint density at radius 2 is 1.75 bits per heavy atom. The van der Waals surface area contributed by atoms with Crippen LogP contribution in [0.15, 0.2) is 36.4 Å². The van der Waals surface area contributed by atoms with E-state index in [9.17, 15) is 9.59 Å². The van der Waals surface area contributed by atoms with Gasteiger partial charge in [-0.05, 0) is 54.7 Å². The quantitative estimate of drug-likeness (QED) is 0.824. The average Bonchev–Trinajstić information content (AvgIpc) is 3.03. The van der Waals surface area contributed by atoms with Crippen LogP contribution < -0.4 is 5.32 Å². The number of rotatable bonds is 4. The number of carbonyl (C=O) groups excluding carboxylic acids is 2. The van der Waals surface area contributed by atoms with Gasteiger partial charge in [0.05, 0.1) is 21.3 Å². The van der Waals surface area contributed by atoms with Crippen molar-refractivity contribution in [1.82, 2.24) is 0 Å². The highest BCUT2D eigenvalue weighted by Gasteiger charge is 2.16. The lowest BCUT2D eigenvalue weighted by molar-refractivity contribution is -0.119. The van der Waals surface area contributed by atoms with Gasteiger partial charge in [0.15, 0.2) is 6.61 Å². The third-order valence-electron chi connectivity index (χ3n) is 3.90. The Hall–Kier alpha value is -2.04. The molecule has 0 bridgehead atoms. The van der Waals surface area contributed by atoms with E-state index in [0.717, 1.165) is 19.3 Å². The molecule has 0 atom stereocenters. The second-order valence-electron chi connectivity index (χ2n) is 5.56. The van der Waals surface area contributed by atoms with E-state index in [2.05, 4.69) is 5.32 Å². The fourth-order valence-electron chi connectivity index (χ4n) is 2.71. The SMILES string of the molecule is O=C(COC(=O)c1ccc2c(c1)CCC2)Nc1c(Cl)cccc1Cl. The van der Waals surface area contributed by atoms with Crippen molar-refractivity contribution in [3.63, 3.8) is 0 Å². The van der Waals surface area contributed by atoms with Crippen molar-refractivity contribution in [2.45, 2.75) is 19.3 Å². The molecule has 0 aromatic heterocycles. The van der Waals surface area contributed by atoms with Crippen LogP contribution in [0.3, 0.4) is 0 Å². The van der Waals surface area contributed by atoms with Crippen LogP contribution >= 0.6 is 23.2 Å². The van der Waals surface area contributed by atoms with E-state index in [1.807, 2.05) is 12.1 Å². The van der Waals surface area contributed by atoms with Crippen LogP contribution in [0.4, 0.5) is 5.69 Å². The van der Waals surface area contributed by atoms with Crippen molar-refractivity contribution < 1.29 is 14.3 Å². The number of aryl methyl sites for hydroxylation is 2. The molecule has 0 unspecified atom stereocenters. The smallest absolute Gasteiger partial charge is 0.338 e. The first kappa shape index (κ1) is 16.8. The van der Waals surface area contributed by atoms with Crippen LogP contribution in [0.1, 0.15) is 27.9 Å². The van der Waals surface area contributed by atoms with Crippen molar-refractivity contribution in [3.8, 4) is 0 Å². The fraction of sp³-hybridized carbons (Fsp3) is 0.222. The maximum Gasteiger partial charge on any atom is 0.338 e. The average molecular weight is 364 g/mol. The van der Waals surface area contributed by atoms with Crippen LogP contribution in [-0.4, -0.2) is 18.5 Å². The maximum absolute atomic E-state index is 12.1. The number of nitrogens with one attached hydrogen (secondary N) is 1. The molecule has 0 fully saturated rings. The van der Waals surface area contributed by atoms with Gasteiger partial charge in [-0.2, -0.15) is 0 Å². The summed E-state index contributed by atoms with van der Waals surface area (Å²) in [6.45, 7) is -0.405. The van der Waals surface area contributed by atoms with Crippen molar-refractivity contribution in [2.24, 2.45) is 0 Å². The highest BCUT2D eigenvalue weighted by molar-refractivity contribution is 6.39. The maximum atomic E-state index is 12.1. The van der Waals surface area contributed by atoms with Gasteiger partial charge in [0, 0.05) is 0 Å². The van der Waals surface area contributed by atoms with Crippen LogP contribution in [0.2, 0.25) is 10.0 Å². The van der Waals surface area contributed by atoms with Gasteiger partial charge in [-0.3, -0.25) is 4.79 Å². The summed E-state index contributed by atoms with van der Waals surface area (Å²) in [6.07, 6.45) is 3.13. The summed E-state index contributed by atoms with van der Waals surface area (Å²) in [6, 6.07) is 10.4. The highest BCUT2D eigenvalue weighted by atomic mass is 35.5. The van der Waals surface area contributed by atoms with Gasteiger partial charge >= 0.3 is 5.97 Å². The van der Waals surface area contributed by atoms with E-state index in [1.54, 1.807) is 24.3 Å². The van der Waals surface area contributed by atoms with Gasteiger partial charge in [0.2, 0.25) is 0 Å². The van der Waals surface area contributed by atoms with E-state index >= 15 is 0 Å². The Morgan fingerprint density at radius 1 is 1.04 bits per heavy atom. The molecule has 0 spiro atoms. The third kappa shape index (κ3) is 3.71. The number of benzene rings is 2. The lowest BCUT2D eigenvalue weighted by Crippen LogP contribution is -2.21.